The van der Waals surface area contributed by atoms with Gasteiger partial charge >= 0.3 is 0 Å². The number of hydrogen-bond acceptors (Lipinski definition) is 6. The highest BCUT2D eigenvalue weighted by molar-refractivity contribution is 7.26. The topological polar surface area (TPSA) is 64.5 Å². The van der Waals surface area contributed by atoms with Gasteiger partial charge in [-0.25, -0.2) is 24.9 Å². The van der Waals surface area contributed by atoms with Gasteiger partial charge in [0.1, 0.15) is 6.33 Å². The maximum atomic E-state index is 5.13. The van der Waals surface area contributed by atoms with E-state index < -0.39 is 0 Å². The predicted molar refractivity (Wildman–Crippen MR) is 193 cm³/mol. The minimum absolute atomic E-state index is 0.635. The molecule has 0 atom stereocenters. The molecule has 0 unspecified atom stereocenters. The second-order valence-electron chi connectivity index (χ2n) is 11.3. The Bertz CT molecular complexity index is 2580. The van der Waals surface area contributed by atoms with Crippen LogP contribution in [0.5, 0.6) is 0 Å². The molecule has 0 saturated carbocycles. The quantitative estimate of drug-likeness (QED) is 0.192. The van der Waals surface area contributed by atoms with Crippen molar-refractivity contribution >= 4 is 42.4 Å². The largest absolute Gasteiger partial charge is 0.243 e. The fourth-order valence-electron chi connectivity index (χ4n) is 6.29. The van der Waals surface area contributed by atoms with Crippen molar-refractivity contribution < 1.29 is 0 Å². The van der Waals surface area contributed by atoms with Gasteiger partial charge in [-0.1, -0.05) is 127 Å². The van der Waals surface area contributed by atoms with Gasteiger partial charge in [-0.05, 0) is 39.6 Å². The van der Waals surface area contributed by atoms with Crippen molar-refractivity contribution in [2.24, 2.45) is 0 Å². The molecule has 47 heavy (non-hydrogen) atoms. The van der Waals surface area contributed by atoms with E-state index in [2.05, 4.69) is 113 Å². The Morgan fingerprint density at radius 1 is 0.426 bits per heavy atom. The van der Waals surface area contributed by atoms with Crippen LogP contribution in [0, 0.1) is 0 Å². The third-order valence-electron chi connectivity index (χ3n) is 8.51. The molecule has 0 aliphatic heterocycles. The summed E-state index contributed by atoms with van der Waals surface area (Å²) in [6.45, 7) is 0. The van der Waals surface area contributed by atoms with E-state index in [0.29, 0.717) is 17.5 Å². The van der Waals surface area contributed by atoms with E-state index in [1.54, 1.807) is 17.7 Å². The Labute approximate surface area is 275 Å². The molecule has 6 aromatic carbocycles. The highest BCUT2D eigenvalue weighted by Gasteiger charge is 2.18. The van der Waals surface area contributed by atoms with Crippen molar-refractivity contribution in [3.8, 4) is 56.4 Å². The highest BCUT2D eigenvalue weighted by atomic mass is 32.1. The van der Waals surface area contributed by atoms with Crippen LogP contribution in [0.4, 0.5) is 0 Å². The Hall–Kier alpha value is -6.11. The molecule has 0 bridgehead atoms. The lowest BCUT2D eigenvalue weighted by atomic mass is 9.94. The molecule has 0 aliphatic rings. The second kappa shape index (κ2) is 11.4. The smallest absolute Gasteiger partial charge is 0.164 e. The molecule has 0 radical (unpaired) electrons. The first kappa shape index (κ1) is 27.2. The molecule has 0 saturated heterocycles. The van der Waals surface area contributed by atoms with E-state index in [9.17, 15) is 0 Å². The molecule has 3 heterocycles. The van der Waals surface area contributed by atoms with Crippen LogP contribution >= 0.6 is 11.3 Å². The summed E-state index contributed by atoms with van der Waals surface area (Å²) < 4.78 is 2.28. The van der Waals surface area contributed by atoms with Crippen LogP contribution in [-0.4, -0.2) is 24.9 Å². The fourth-order valence-corrected chi connectivity index (χ4v) is 7.44. The number of fused-ring (bicyclic) bond motifs is 4. The van der Waals surface area contributed by atoms with Crippen LogP contribution in [0.25, 0.3) is 87.5 Å². The van der Waals surface area contributed by atoms with E-state index in [1.165, 1.54) is 10.3 Å². The van der Waals surface area contributed by atoms with Gasteiger partial charge < -0.3 is 0 Å². The average Bonchev–Trinajstić information content (AvgIpc) is 3.54. The molecule has 0 amide bonds. The van der Waals surface area contributed by atoms with Gasteiger partial charge in [0.05, 0.1) is 10.2 Å². The van der Waals surface area contributed by atoms with Crippen molar-refractivity contribution in [2.75, 3.05) is 0 Å². The summed E-state index contributed by atoms with van der Waals surface area (Å²) in [5.74, 6) is 1.91. The molecule has 9 rings (SSSR count). The maximum Gasteiger partial charge on any atom is 0.164 e. The molecule has 9 aromatic rings. The molecule has 0 N–H and O–H groups in total. The molecule has 6 heteroatoms. The first-order chi connectivity index (χ1) is 23.3. The molecule has 0 spiro atoms. The highest BCUT2D eigenvalue weighted by Crippen LogP contribution is 2.42. The van der Waals surface area contributed by atoms with E-state index in [1.807, 2.05) is 42.6 Å². The van der Waals surface area contributed by atoms with Crippen LogP contribution in [0.1, 0.15) is 0 Å². The number of benzene rings is 6. The minimum Gasteiger partial charge on any atom is -0.243 e. The first-order valence-corrected chi connectivity index (χ1v) is 16.2. The number of rotatable bonds is 5. The maximum absolute atomic E-state index is 5.13. The molecular formula is C41H25N5S. The lowest BCUT2D eigenvalue weighted by molar-refractivity contribution is 1.08. The predicted octanol–water partition coefficient (Wildman–Crippen LogP) is 10.5. The molecule has 3 aromatic heterocycles. The van der Waals surface area contributed by atoms with Crippen molar-refractivity contribution in [3.05, 3.63) is 152 Å². The first-order valence-electron chi connectivity index (χ1n) is 15.4. The van der Waals surface area contributed by atoms with Gasteiger partial charge in [0.2, 0.25) is 0 Å². The van der Waals surface area contributed by atoms with E-state index >= 15 is 0 Å². The van der Waals surface area contributed by atoms with Gasteiger partial charge in [0.25, 0.3) is 0 Å². The third-order valence-corrected chi connectivity index (χ3v) is 9.67. The zero-order valence-electron chi connectivity index (χ0n) is 25.1. The Morgan fingerprint density at radius 2 is 1.02 bits per heavy atom. The van der Waals surface area contributed by atoms with Crippen LogP contribution in [-0.2, 0) is 0 Å². The number of hydrogen-bond donors (Lipinski definition) is 0. The van der Waals surface area contributed by atoms with Crippen LogP contribution in [0.2, 0.25) is 0 Å². The van der Waals surface area contributed by atoms with Crippen LogP contribution in [0.3, 0.4) is 0 Å². The summed E-state index contributed by atoms with van der Waals surface area (Å²) in [5.41, 5.74) is 8.42. The number of nitrogens with zero attached hydrogens (tertiary/aromatic N) is 5. The standard InChI is InChI=1S/C41H25N5S/c1-3-11-26(12-4-1)28-15-9-16-29(23-28)40-44-39(27-13-5-2-6-14-27)45-41(46-40)34-22-21-32(30-17-7-8-18-31(30)34)33-19-10-20-35-37-36(47-38(33)35)24-42-25-43-37/h1-25H. The lowest BCUT2D eigenvalue weighted by Gasteiger charge is -2.14. The SMILES string of the molecule is c1ccc(-c2cccc(-c3nc(-c4ccccc4)nc(-c4ccc(-c5cccc6c5sc5cncnc56)c5ccccc45)n3)c2)cc1. The summed E-state index contributed by atoms with van der Waals surface area (Å²) in [4.78, 5) is 24.1. The lowest BCUT2D eigenvalue weighted by Crippen LogP contribution is -2.01. The van der Waals surface area contributed by atoms with Crippen molar-refractivity contribution in [1.82, 2.24) is 24.9 Å². The number of aromatic nitrogens is 5. The van der Waals surface area contributed by atoms with Crippen molar-refractivity contribution in [1.29, 1.82) is 0 Å². The van der Waals surface area contributed by atoms with E-state index in [-0.39, 0.29) is 0 Å². The zero-order chi connectivity index (χ0) is 31.2. The molecule has 0 aliphatic carbocycles. The van der Waals surface area contributed by atoms with Gasteiger partial charge in [-0.3, -0.25) is 0 Å². The van der Waals surface area contributed by atoms with Gasteiger partial charge in [0, 0.05) is 38.5 Å². The summed E-state index contributed by atoms with van der Waals surface area (Å²) >= 11 is 1.73. The molecule has 220 valence electrons. The Balaban J connectivity index is 1.24. The summed E-state index contributed by atoms with van der Waals surface area (Å²) in [6.07, 6.45) is 3.52. The van der Waals surface area contributed by atoms with Crippen molar-refractivity contribution in [2.45, 2.75) is 0 Å². The normalized spacial score (nSPS) is 11.4. The summed E-state index contributed by atoms with van der Waals surface area (Å²) in [7, 11) is 0. The van der Waals surface area contributed by atoms with Crippen LogP contribution < -0.4 is 0 Å². The van der Waals surface area contributed by atoms with Gasteiger partial charge in [-0.2, -0.15) is 0 Å². The average molecular weight is 620 g/mol. The molecular weight excluding hydrogens is 595 g/mol. The Morgan fingerprint density at radius 3 is 1.83 bits per heavy atom. The zero-order valence-corrected chi connectivity index (χ0v) is 25.9. The van der Waals surface area contributed by atoms with Crippen molar-refractivity contribution in [3.63, 3.8) is 0 Å². The fraction of sp³-hybridized carbons (Fsp3) is 0. The number of thiophene rings is 1. The Kier molecular flexibility index (Phi) is 6.58. The van der Waals surface area contributed by atoms with Crippen LogP contribution in [0.15, 0.2) is 152 Å². The second-order valence-corrected chi connectivity index (χ2v) is 12.4. The molecule has 5 nitrogen and oxygen atoms in total. The van der Waals surface area contributed by atoms with Gasteiger partial charge in [-0.15, -0.1) is 11.3 Å². The monoisotopic (exact) mass is 619 g/mol. The third kappa shape index (κ3) is 4.83. The van der Waals surface area contributed by atoms with E-state index in [4.69, 9.17) is 15.0 Å². The minimum atomic E-state index is 0.635. The van der Waals surface area contributed by atoms with E-state index in [0.717, 1.165) is 59.8 Å². The summed E-state index contributed by atoms with van der Waals surface area (Å²) in [6, 6.07) is 48.2. The summed E-state index contributed by atoms with van der Waals surface area (Å²) in [5, 5.41) is 3.36. The van der Waals surface area contributed by atoms with Gasteiger partial charge in [0.15, 0.2) is 17.5 Å². The molecule has 0 fully saturated rings.